The SMILES string of the molecule is Nc1cc(CCCc2ccsc2)ccn1. The Bertz CT molecular complexity index is 409. The number of pyridine rings is 1. The first-order valence-electron chi connectivity index (χ1n) is 5.06. The summed E-state index contributed by atoms with van der Waals surface area (Å²) in [5.74, 6) is 0.614. The number of aryl methyl sites for hydroxylation is 2. The Morgan fingerprint density at radius 3 is 2.80 bits per heavy atom. The molecule has 15 heavy (non-hydrogen) atoms. The minimum absolute atomic E-state index is 0.614. The zero-order valence-electron chi connectivity index (χ0n) is 8.52. The average Bonchev–Trinajstić information content (AvgIpc) is 2.71. The minimum atomic E-state index is 0.614. The van der Waals surface area contributed by atoms with Crippen molar-refractivity contribution < 1.29 is 0 Å². The van der Waals surface area contributed by atoms with Crippen LogP contribution in [-0.2, 0) is 12.8 Å². The molecule has 2 aromatic rings. The van der Waals surface area contributed by atoms with Crippen LogP contribution in [0.15, 0.2) is 35.2 Å². The van der Waals surface area contributed by atoms with Crippen LogP contribution < -0.4 is 5.73 Å². The Balaban J connectivity index is 1.83. The molecule has 0 spiro atoms. The third kappa shape index (κ3) is 3.06. The maximum atomic E-state index is 5.62. The number of hydrogen-bond donors (Lipinski definition) is 1. The lowest BCUT2D eigenvalue weighted by Crippen LogP contribution is -1.93. The second kappa shape index (κ2) is 4.94. The van der Waals surface area contributed by atoms with Gasteiger partial charge in [0.25, 0.3) is 0 Å². The van der Waals surface area contributed by atoms with Gasteiger partial charge in [-0.2, -0.15) is 11.3 Å². The first-order valence-corrected chi connectivity index (χ1v) is 6.00. The van der Waals surface area contributed by atoms with E-state index in [2.05, 4.69) is 21.8 Å². The fourth-order valence-electron chi connectivity index (χ4n) is 1.58. The molecule has 0 bridgehead atoms. The van der Waals surface area contributed by atoms with Gasteiger partial charge in [0.1, 0.15) is 5.82 Å². The molecule has 2 rings (SSSR count). The predicted molar refractivity (Wildman–Crippen MR) is 65.0 cm³/mol. The van der Waals surface area contributed by atoms with Gasteiger partial charge in [-0.15, -0.1) is 0 Å². The van der Waals surface area contributed by atoms with E-state index in [0.29, 0.717) is 5.82 Å². The van der Waals surface area contributed by atoms with Gasteiger partial charge in [-0.3, -0.25) is 0 Å². The molecule has 78 valence electrons. The zero-order valence-corrected chi connectivity index (χ0v) is 9.33. The highest BCUT2D eigenvalue weighted by molar-refractivity contribution is 7.07. The Kier molecular flexibility index (Phi) is 3.35. The summed E-state index contributed by atoms with van der Waals surface area (Å²) in [7, 11) is 0. The van der Waals surface area contributed by atoms with Crippen LogP contribution in [0, 0.1) is 0 Å². The molecule has 2 N–H and O–H groups in total. The van der Waals surface area contributed by atoms with E-state index in [-0.39, 0.29) is 0 Å². The Hall–Kier alpha value is -1.35. The summed E-state index contributed by atoms with van der Waals surface area (Å²) < 4.78 is 0. The lowest BCUT2D eigenvalue weighted by molar-refractivity contribution is 0.822. The second-order valence-electron chi connectivity index (χ2n) is 3.57. The molecule has 0 aromatic carbocycles. The smallest absolute Gasteiger partial charge is 0.123 e. The van der Waals surface area contributed by atoms with Crippen LogP contribution >= 0.6 is 11.3 Å². The van der Waals surface area contributed by atoms with E-state index in [9.17, 15) is 0 Å². The van der Waals surface area contributed by atoms with Crippen LogP contribution in [0.25, 0.3) is 0 Å². The van der Waals surface area contributed by atoms with Gasteiger partial charge in [0, 0.05) is 6.20 Å². The molecule has 0 aliphatic heterocycles. The summed E-state index contributed by atoms with van der Waals surface area (Å²) in [6.07, 6.45) is 5.16. The maximum Gasteiger partial charge on any atom is 0.123 e. The van der Waals surface area contributed by atoms with Gasteiger partial charge >= 0.3 is 0 Å². The van der Waals surface area contributed by atoms with Crippen LogP contribution in [0.1, 0.15) is 17.5 Å². The third-order valence-corrected chi connectivity index (χ3v) is 3.09. The molecule has 0 saturated carbocycles. The van der Waals surface area contributed by atoms with Crippen molar-refractivity contribution in [2.45, 2.75) is 19.3 Å². The van der Waals surface area contributed by atoms with Crippen molar-refractivity contribution in [3.05, 3.63) is 46.3 Å². The summed E-state index contributed by atoms with van der Waals surface area (Å²) in [5, 5.41) is 4.33. The Morgan fingerprint density at radius 1 is 1.20 bits per heavy atom. The molecule has 0 saturated heterocycles. The molecule has 0 aliphatic carbocycles. The van der Waals surface area contributed by atoms with E-state index in [1.54, 1.807) is 17.5 Å². The maximum absolute atomic E-state index is 5.62. The van der Waals surface area contributed by atoms with Crippen molar-refractivity contribution in [1.82, 2.24) is 4.98 Å². The van der Waals surface area contributed by atoms with Crippen molar-refractivity contribution in [2.75, 3.05) is 5.73 Å². The standard InChI is InChI=1S/C12H14N2S/c13-12-8-10(4-6-14-12)2-1-3-11-5-7-15-9-11/h4-9H,1-3H2,(H2,13,14). The Morgan fingerprint density at radius 2 is 2.07 bits per heavy atom. The van der Waals surface area contributed by atoms with E-state index in [0.717, 1.165) is 12.8 Å². The summed E-state index contributed by atoms with van der Waals surface area (Å²) in [6.45, 7) is 0. The first-order chi connectivity index (χ1) is 7.34. The second-order valence-corrected chi connectivity index (χ2v) is 4.35. The molecule has 0 radical (unpaired) electrons. The fourth-order valence-corrected chi connectivity index (χ4v) is 2.28. The topological polar surface area (TPSA) is 38.9 Å². The van der Waals surface area contributed by atoms with E-state index in [4.69, 9.17) is 5.73 Å². The van der Waals surface area contributed by atoms with Crippen molar-refractivity contribution in [1.29, 1.82) is 0 Å². The highest BCUT2D eigenvalue weighted by Crippen LogP contribution is 2.11. The van der Waals surface area contributed by atoms with Gasteiger partial charge in [0.05, 0.1) is 0 Å². The van der Waals surface area contributed by atoms with Crippen LogP contribution in [0.4, 0.5) is 5.82 Å². The normalized spacial score (nSPS) is 10.4. The summed E-state index contributed by atoms with van der Waals surface area (Å²) in [4.78, 5) is 3.98. The highest BCUT2D eigenvalue weighted by Gasteiger charge is 1.96. The van der Waals surface area contributed by atoms with Gasteiger partial charge < -0.3 is 5.73 Å². The number of rotatable bonds is 4. The number of nitrogens with two attached hydrogens (primary N) is 1. The summed E-state index contributed by atoms with van der Waals surface area (Å²) >= 11 is 1.76. The lowest BCUT2D eigenvalue weighted by Gasteiger charge is -2.01. The zero-order chi connectivity index (χ0) is 10.5. The monoisotopic (exact) mass is 218 g/mol. The number of aromatic nitrogens is 1. The number of hydrogen-bond acceptors (Lipinski definition) is 3. The van der Waals surface area contributed by atoms with Gasteiger partial charge in [0.2, 0.25) is 0 Å². The molecular weight excluding hydrogens is 204 g/mol. The lowest BCUT2D eigenvalue weighted by atomic mass is 10.1. The van der Waals surface area contributed by atoms with E-state index in [1.807, 2.05) is 12.1 Å². The average molecular weight is 218 g/mol. The molecule has 2 aromatic heterocycles. The van der Waals surface area contributed by atoms with Gasteiger partial charge in [-0.25, -0.2) is 4.98 Å². The quantitative estimate of drug-likeness (QED) is 0.857. The van der Waals surface area contributed by atoms with Crippen molar-refractivity contribution >= 4 is 17.2 Å². The molecule has 0 amide bonds. The fraction of sp³-hybridized carbons (Fsp3) is 0.250. The molecule has 3 heteroatoms. The third-order valence-electron chi connectivity index (χ3n) is 2.36. The largest absolute Gasteiger partial charge is 0.384 e. The summed E-state index contributed by atoms with van der Waals surface area (Å²) in [6, 6.07) is 6.17. The van der Waals surface area contributed by atoms with Gasteiger partial charge in [-0.05, 0) is 59.3 Å². The number of nitrogens with zero attached hydrogens (tertiary/aromatic N) is 1. The van der Waals surface area contributed by atoms with Crippen molar-refractivity contribution in [3.63, 3.8) is 0 Å². The number of anilines is 1. The van der Waals surface area contributed by atoms with E-state index < -0.39 is 0 Å². The van der Waals surface area contributed by atoms with Crippen LogP contribution in [0.5, 0.6) is 0 Å². The van der Waals surface area contributed by atoms with E-state index >= 15 is 0 Å². The number of thiophene rings is 1. The van der Waals surface area contributed by atoms with Gasteiger partial charge in [0.15, 0.2) is 0 Å². The summed E-state index contributed by atoms with van der Waals surface area (Å²) in [5.41, 5.74) is 8.32. The Labute approximate surface area is 93.8 Å². The molecule has 2 nitrogen and oxygen atoms in total. The molecule has 0 fully saturated rings. The molecule has 2 heterocycles. The molecule has 0 unspecified atom stereocenters. The number of nitrogen functional groups attached to an aromatic ring is 1. The van der Waals surface area contributed by atoms with Crippen LogP contribution in [0.3, 0.4) is 0 Å². The van der Waals surface area contributed by atoms with Crippen LogP contribution in [-0.4, -0.2) is 4.98 Å². The predicted octanol–water partition coefficient (Wildman–Crippen LogP) is 2.90. The van der Waals surface area contributed by atoms with Crippen molar-refractivity contribution in [2.24, 2.45) is 0 Å². The minimum Gasteiger partial charge on any atom is -0.384 e. The molecule has 0 atom stereocenters. The van der Waals surface area contributed by atoms with E-state index in [1.165, 1.54) is 17.5 Å². The first kappa shape index (κ1) is 10.2. The van der Waals surface area contributed by atoms with Crippen molar-refractivity contribution in [3.8, 4) is 0 Å². The molecule has 0 aliphatic rings. The van der Waals surface area contributed by atoms with Crippen LogP contribution in [0.2, 0.25) is 0 Å². The van der Waals surface area contributed by atoms with Gasteiger partial charge in [-0.1, -0.05) is 0 Å². The molecular formula is C12H14N2S. The highest BCUT2D eigenvalue weighted by atomic mass is 32.1.